The van der Waals surface area contributed by atoms with Crippen LogP contribution in [0.25, 0.3) is 0 Å². The van der Waals surface area contributed by atoms with Crippen LogP contribution < -0.4 is 10.6 Å². The van der Waals surface area contributed by atoms with Crippen LogP contribution in [0, 0.1) is 0 Å². The molecule has 2 amide bonds. The van der Waals surface area contributed by atoms with Crippen molar-refractivity contribution in [2.75, 3.05) is 27.4 Å². The first-order valence-electron chi connectivity index (χ1n) is 7.67. The SMILES string of the molecule is COCCCc1ccc(CNC(=O)[C@@H](COC)NC(C)=O)cc1. The second-order valence-electron chi connectivity index (χ2n) is 5.34. The van der Waals surface area contributed by atoms with Gasteiger partial charge in [-0.15, -0.1) is 0 Å². The van der Waals surface area contributed by atoms with Gasteiger partial charge >= 0.3 is 0 Å². The van der Waals surface area contributed by atoms with Crippen LogP contribution in [-0.2, 0) is 32.0 Å². The standard InChI is InChI=1S/C17H26N2O4/c1-13(20)19-16(12-23-3)17(21)18-11-15-8-6-14(7-9-15)5-4-10-22-2/h6-9,16H,4-5,10-12H2,1-3H3,(H,18,21)(H,19,20)/t16-/m1/s1. The molecule has 1 rings (SSSR count). The van der Waals surface area contributed by atoms with E-state index in [9.17, 15) is 9.59 Å². The van der Waals surface area contributed by atoms with Gasteiger partial charge in [0.2, 0.25) is 11.8 Å². The summed E-state index contributed by atoms with van der Waals surface area (Å²) in [6, 6.07) is 7.42. The van der Waals surface area contributed by atoms with Gasteiger partial charge in [0.05, 0.1) is 6.61 Å². The van der Waals surface area contributed by atoms with Gasteiger partial charge in [0.1, 0.15) is 6.04 Å². The summed E-state index contributed by atoms with van der Waals surface area (Å²) in [6.45, 7) is 2.68. The van der Waals surface area contributed by atoms with Crippen LogP contribution in [0.2, 0.25) is 0 Å². The van der Waals surface area contributed by atoms with E-state index in [1.54, 1.807) is 7.11 Å². The molecule has 0 fully saturated rings. The first-order valence-corrected chi connectivity index (χ1v) is 7.67. The van der Waals surface area contributed by atoms with Gasteiger partial charge in [-0.1, -0.05) is 24.3 Å². The Morgan fingerprint density at radius 3 is 2.30 bits per heavy atom. The quantitative estimate of drug-likeness (QED) is 0.631. The van der Waals surface area contributed by atoms with Crippen molar-refractivity contribution in [2.24, 2.45) is 0 Å². The number of hydrogen-bond donors (Lipinski definition) is 2. The predicted molar refractivity (Wildman–Crippen MR) is 88.0 cm³/mol. The monoisotopic (exact) mass is 322 g/mol. The number of hydrogen-bond acceptors (Lipinski definition) is 4. The van der Waals surface area contributed by atoms with E-state index in [-0.39, 0.29) is 18.4 Å². The van der Waals surface area contributed by atoms with Crippen molar-refractivity contribution >= 4 is 11.8 Å². The number of aryl methyl sites for hydroxylation is 1. The maximum atomic E-state index is 12.1. The van der Waals surface area contributed by atoms with E-state index in [2.05, 4.69) is 22.8 Å². The zero-order valence-corrected chi connectivity index (χ0v) is 14.1. The normalized spacial score (nSPS) is 11.8. The van der Waals surface area contributed by atoms with E-state index >= 15 is 0 Å². The molecular formula is C17H26N2O4. The third kappa shape index (κ3) is 7.76. The zero-order chi connectivity index (χ0) is 17.1. The molecule has 0 aliphatic heterocycles. The van der Waals surface area contributed by atoms with Crippen molar-refractivity contribution in [2.45, 2.75) is 32.4 Å². The predicted octanol–water partition coefficient (Wildman–Crippen LogP) is 1.03. The molecule has 0 bridgehead atoms. The van der Waals surface area contributed by atoms with Crippen LogP contribution in [0.4, 0.5) is 0 Å². The van der Waals surface area contributed by atoms with Crippen LogP contribution in [0.5, 0.6) is 0 Å². The fraction of sp³-hybridized carbons (Fsp3) is 0.529. The summed E-state index contributed by atoms with van der Waals surface area (Å²) in [5.41, 5.74) is 2.25. The number of nitrogens with one attached hydrogen (secondary N) is 2. The summed E-state index contributed by atoms with van der Waals surface area (Å²) >= 11 is 0. The average molecular weight is 322 g/mol. The van der Waals surface area contributed by atoms with E-state index in [0.29, 0.717) is 6.54 Å². The fourth-order valence-electron chi connectivity index (χ4n) is 2.15. The highest BCUT2D eigenvalue weighted by Crippen LogP contribution is 2.07. The highest BCUT2D eigenvalue weighted by molar-refractivity contribution is 5.86. The molecule has 0 saturated heterocycles. The molecule has 0 spiro atoms. The largest absolute Gasteiger partial charge is 0.385 e. The lowest BCUT2D eigenvalue weighted by molar-refractivity contribution is -0.129. The average Bonchev–Trinajstić information content (AvgIpc) is 2.53. The molecule has 6 heteroatoms. The van der Waals surface area contributed by atoms with Crippen molar-refractivity contribution in [3.8, 4) is 0 Å². The topological polar surface area (TPSA) is 76.7 Å². The molecule has 6 nitrogen and oxygen atoms in total. The first-order chi connectivity index (χ1) is 11.1. The number of carbonyl (C=O) groups excluding carboxylic acids is 2. The van der Waals surface area contributed by atoms with E-state index < -0.39 is 6.04 Å². The Hall–Kier alpha value is -1.92. The number of methoxy groups -OCH3 is 2. The van der Waals surface area contributed by atoms with Gasteiger partial charge in [0, 0.05) is 34.3 Å². The van der Waals surface area contributed by atoms with Crippen molar-refractivity contribution in [3.05, 3.63) is 35.4 Å². The zero-order valence-electron chi connectivity index (χ0n) is 14.1. The Labute approximate surface area is 137 Å². The molecule has 23 heavy (non-hydrogen) atoms. The fourth-order valence-corrected chi connectivity index (χ4v) is 2.15. The minimum atomic E-state index is -0.675. The van der Waals surface area contributed by atoms with Gasteiger partial charge in [0.25, 0.3) is 0 Å². The second-order valence-corrected chi connectivity index (χ2v) is 5.34. The maximum Gasteiger partial charge on any atom is 0.245 e. The molecule has 128 valence electrons. The van der Waals surface area contributed by atoms with Crippen molar-refractivity contribution < 1.29 is 19.1 Å². The van der Waals surface area contributed by atoms with Crippen LogP contribution in [0.15, 0.2) is 24.3 Å². The Bertz CT molecular complexity index is 488. The smallest absolute Gasteiger partial charge is 0.245 e. The lowest BCUT2D eigenvalue weighted by atomic mass is 10.1. The minimum absolute atomic E-state index is 0.143. The van der Waals surface area contributed by atoms with Gasteiger partial charge in [-0.25, -0.2) is 0 Å². The first kappa shape index (κ1) is 19.1. The molecule has 1 aromatic carbocycles. The number of rotatable bonds is 10. The maximum absolute atomic E-state index is 12.1. The van der Waals surface area contributed by atoms with Crippen molar-refractivity contribution in [1.29, 1.82) is 0 Å². The summed E-state index contributed by atoms with van der Waals surface area (Å²) < 4.78 is 9.99. The van der Waals surface area contributed by atoms with Crippen LogP contribution >= 0.6 is 0 Å². The molecular weight excluding hydrogens is 296 g/mol. The van der Waals surface area contributed by atoms with E-state index in [4.69, 9.17) is 9.47 Å². The minimum Gasteiger partial charge on any atom is -0.385 e. The number of carbonyl (C=O) groups is 2. The van der Waals surface area contributed by atoms with E-state index in [0.717, 1.165) is 25.0 Å². The molecule has 0 heterocycles. The summed E-state index contributed by atoms with van der Waals surface area (Å²) in [5, 5.41) is 5.37. The van der Waals surface area contributed by atoms with Crippen molar-refractivity contribution in [1.82, 2.24) is 10.6 Å². The van der Waals surface area contributed by atoms with Gasteiger partial charge in [-0.2, -0.15) is 0 Å². The molecule has 0 unspecified atom stereocenters. The Balaban J connectivity index is 2.46. The second kappa shape index (κ2) is 10.7. The van der Waals surface area contributed by atoms with Crippen LogP contribution in [-0.4, -0.2) is 45.3 Å². The Morgan fingerprint density at radius 2 is 1.74 bits per heavy atom. The molecule has 0 saturated carbocycles. The highest BCUT2D eigenvalue weighted by atomic mass is 16.5. The molecule has 1 atom stereocenters. The summed E-state index contributed by atoms with van der Waals surface area (Å²) in [6.07, 6.45) is 1.96. The van der Waals surface area contributed by atoms with Gasteiger partial charge in [-0.05, 0) is 24.0 Å². The van der Waals surface area contributed by atoms with Crippen molar-refractivity contribution in [3.63, 3.8) is 0 Å². The molecule has 0 aromatic heterocycles. The van der Waals surface area contributed by atoms with E-state index in [1.165, 1.54) is 19.6 Å². The number of benzene rings is 1. The third-order valence-corrected chi connectivity index (χ3v) is 3.33. The third-order valence-electron chi connectivity index (χ3n) is 3.33. The summed E-state index contributed by atoms with van der Waals surface area (Å²) in [7, 11) is 3.19. The molecule has 0 aliphatic carbocycles. The Kier molecular flexibility index (Phi) is 8.94. The lowest BCUT2D eigenvalue weighted by Gasteiger charge is -2.16. The number of amides is 2. The molecule has 0 aliphatic rings. The lowest BCUT2D eigenvalue weighted by Crippen LogP contribution is -2.48. The molecule has 0 radical (unpaired) electrons. The van der Waals surface area contributed by atoms with Gasteiger partial charge in [0.15, 0.2) is 0 Å². The van der Waals surface area contributed by atoms with Gasteiger partial charge in [-0.3, -0.25) is 9.59 Å². The van der Waals surface area contributed by atoms with Crippen LogP contribution in [0.1, 0.15) is 24.5 Å². The van der Waals surface area contributed by atoms with E-state index in [1.807, 2.05) is 12.1 Å². The summed E-state index contributed by atoms with van der Waals surface area (Å²) in [5.74, 6) is -0.520. The summed E-state index contributed by atoms with van der Waals surface area (Å²) in [4.78, 5) is 23.2. The van der Waals surface area contributed by atoms with Crippen LogP contribution in [0.3, 0.4) is 0 Å². The van der Waals surface area contributed by atoms with Gasteiger partial charge < -0.3 is 20.1 Å². The molecule has 1 aromatic rings. The Morgan fingerprint density at radius 1 is 1.09 bits per heavy atom. The highest BCUT2D eigenvalue weighted by Gasteiger charge is 2.18. The number of ether oxygens (including phenoxy) is 2. The molecule has 2 N–H and O–H groups in total.